The molecular weight excluding hydrogens is 370 g/mol. The van der Waals surface area contributed by atoms with Gasteiger partial charge in [-0.25, -0.2) is 13.8 Å². The average Bonchev–Trinajstić information content (AvgIpc) is 3.04. The second kappa shape index (κ2) is 6.92. The highest BCUT2D eigenvalue weighted by atomic mass is 32.1. The van der Waals surface area contributed by atoms with E-state index < -0.39 is 17.5 Å². The van der Waals surface area contributed by atoms with E-state index in [0.717, 1.165) is 28.2 Å². The molecule has 0 saturated heterocycles. The van der Waals surface area contributed by atoms with E-state index in [1.54, 1.807) is 6.07 Å². The number of aromatic nitrogens is 1. The van der Waals surface area contributed by atoms with Gasteiger partial charge in [-0.1, -0.05) is 41.7 Å². The first-order valence-corrected chi connectivity index (χ1v) is 9.10. The van der Waals surface area contributed by atoms with Crippen molar-refractivity contribution in [2.45, 2.75) is 6.92 Å². The van der Waals surface area contributed by atoms with Crippen molar-refractivity contribution in [2.24, 2.45) is 0 Å². The number of fused-ring (bicyclic) bond motifs is 2. The molecule has 1 amide bonds. The molecule has 4 nitrogen and oxygen atoms in total. The van der Waals surface area contributed by atoms with Crippen molar-refractivity contribution in [3.8, 4) is 5.75 Å². The van der Waals surface area contributed by atoms with Gasteiger partial charge in [0.05, 0.1) is 16.9 Å². The van der Waals surface area contributed by atoms with Crippen LogP contribution in [-0.4, -0.2) is 17.5 Å². The van der Waals surface area contributed by atoms with Crippen LogP contribution in [0.2, 0.25) is 0 Å². The Morgan fingerprint density at radius 1 is 1.19 bits per heavy atom. The molecule has 27 heavy (non-hydrogen) atoms. The molecule has 0 spiro atoms. The van der Waals surface area contributed by atoms with Crippen LogP contribution in [0.5, 0.6) is 5.75 Å². The minimum Gasteiger partial charge on any atom is -0.493 e. The molecule has 1 heterocycles. The zero-order valence-corrected chi connectivity index (χ0v) is 15.1. The van der Waals surface area contributed by atoms with Gasteiger partial charge >= 0.3 is 0 Å². The van der Waals surface area contributed by atoms with Gasteiger partial charge < -0.3 is 4.74 Å². The maximum atomic E-state index is 13.9. The van der Waals surface area contributed by atoms with Gasteiger partial charge in [0.2, 0.25) is 0 Å². The van der Waals surface area contributed by atoms with Crippen LogP contribution in [0.25, 0.3) is 21.0 Å². The first-order valence-electron chi connectivity index (χ1n) is 8.28. The van der Waals surface area contributed by atoms with E-state index in [9.17, 15) is 13.6 Å². The van der Waals surface area contributed by atoms with E-state index in [1.165, 1.54) is 6.07 Å². The molecule has 4 aromatic rings. The zero-order valence-electron chi connectivity index (χ0n) is 14.3. The van der Waals surface area contributed by atoms with Crippen molar-refractivity contribution >= 4 is 43.4 Å². The van der Waals surface area contributed by atoms with Gasteiger partial charge in [0.25, 0.3) is 5.91 Å². The minimum atomic E-state index is -0.762. The molecule has 0 aliphatic heterocycles. The van der Waals surface area contributed by atoms with E-state index in [4.69, 9.17) is 4.74 Å². The Hall–Kier alpha value is -3.06. The summed E-state index contributed by atoms with van der Waals surface area (Å²) in [6.07, 6.45) is 0. The van der Waals surface area contributed by atoms with E-state index >= 15 is 0 Å². The summed E-state index contributed by atoms with van der Waals surface area (Å²) in [4.78, 5) is 17.0. The second-order valence-corrected chi connectivity index (χ2v) is 6.83. The molecule has 0 unspecified atom stereocenters. The Morgan fingerprint density at radius 2 is 2.00 bits per heavy atom. The average molecular weight is 384 g/mol. The topological polar surface area (TPSA) is 51.2 Å². The number of hydrogen-bond acceptors (Lipinski definition) is 4. The summed E-state index contributed by atoms with van der Waals surface area (Å²) in [6, 6.07) is 13.0. The molecular formula is C20H14F2N2O2S. The summed E-state index contributed by atoms with van der Waals surface area (Å²) in [5.41, 5.74) is 0.403. The molecule has 0 bridgehead atoms. The van der Waals surface area contributed by atoms with Crippen molar-refractivity contribution in [3.63, 3.8) is 0 Å². The standard InChI is InChI=1S/C20H14F2N2O2S/c1-2-26-15-8-7-11-5-3-4-6-13(11)17(15)19(25)24-20-23-18-14(22)9-12(21)10-16(18)27-20/h3-10H,2H2,1H3,(H,23,24,25). The number of nitrogens with zero attached hydrogens (tertiary/aromatic N) is 1. The number of nitrogens with one attached hydrogen (secondary N) is 1. The van der Waals surface area contributed by atoms with Gasteiger partial charge in [-0.2, -0.15) is 0 Å². The van der Waals surface area contributed by atoms with Crippen molar-refractivity contribution in [2.75, 3.05) is 11.9 Å². The molecule has 0 aliphatic rings. The monoisotopic (exact) mass is 384 g/mol. The molecule has 0 fully saturated rings. The lowest BCUT2D eigenvalue weighted by atomic mass is 10.0. The summed E-state index contributed by atoms with van der Waals surface area (Å²) < 4.78 is 33.2. The Bertz CT molecular complexity index is 1170. The highest BCUT2D eigenvalue weighted by Gasteiger charge is 2.19. The fourth-order valence-corrected chi connectivity index (χ4v) is 3.83. The van der Waals surface area contributed by atoms with Crippen LogP contribution in [0.15, 0.2) is 48.5 Å². The smallest absolute Gasteiger partial charge is 0.261 e. The van der Waals surface area contributed by atoms with Crippen molar-refractivity contribution < 1.29 is 18.3 Å². The van der Waals surface area contributed by atoms with Crippen molar-refractivity contribution in [3.05, 3.63) is 65.7 Å². The lowest BCUT2D eigenvalue weighted by molar-refractivity contribution is 0.102. The van der Waals surface area contributed by atoms with Crippen LogP contribution in [0, 0.1) is 11.6 Å². The van der Waals surface area contributed by atoms with Crippen molar-refractivity contribution in [1.82, 2.24) is 4.98 Å². The molecule has 1 aromatic heterocycles. The van der Waals surface area contributed by atoms with Gasteiger partial charge in [-0.05, 0) is 29.8 Å². The molecule has 0 aliphatic carbocycles. The lowest BCUT2D eigenvalue weighted by Crippen LogP contribution is -2.14. The van der Waals surface area contributed by atoms with E-state index in [1.807, 2.05) is 37.3 Å². The van der Waals surface area contributed by atoms with Crippen molar-refractivity contribution in [1.29, 1.82) is 0 Å². The van der Waals surface area contributed by atoms with Crippen LogP contribution >= 0.6 is 11.3 Å². The lowest BCUT2D eigenvalue weighted by Gasteiger charge is -2.12. The summed E-state index contributed by atoms with van der Waals surface area (Å²) in [6.45, 7) is 2.24. The van der Waals surface area contributed by atoms with E-state index in [0.29, 0.717) is 22.6 Å². The fourth-order valence-electron chi connectivity index (χ4n) is 2.93. The van der Waals surface area contributed by atoms with Crippen LogP contribution in [0.3, 0.4) is 0 Å². The Morgan fingerprint density at radius 3 is 2.81 bits per heavy atom. The van der Waals surface area contributed by atoms with E-state index in [-0.39, 0.29) is 10.6 Å². The minimum absolute atomic E-state index is 0.0275. The number of anilines is 1. The normalized spacial score (nSPS) is 11.1. The summed E-state index contributed by atoms with van der Waals surface area (Å²) in [7, 11) is 0. The number of thiazole rings is 1. The summed E-state index contributed by atoms with van der Waals surface area (Å²) in [5, 5.41) is 4.50. The van der Waals surface area contributed by atoms with Crippen LogP contribution in [0.4, 0.5) is 13.9 Å². The number of ether oxygens (including phenoxy) is 1. The Labute approximate surface area is 157 Å². The molecule has 0 radical (unpaired) electrons. The number of rotatable bonds is 4. The third-order valence-electron chi connectivity index (χ3n) is 4.05. The maximum Gasteiger partial charge on any atom is 0.261 e. The third kappa shape index (κ3) is 3.21. The molecule has 0 atom stereocenters. The first-order chi connectivity index (χ1) is 13.1. The van der Waals surface area contributed by atoms with Gasteiger partial charge in [0.15, 0.2) is 10.9 Å². The third-order valence-corrected chi connectivity index (χ3v) is 4.97. The molecule has 3 aromatic carbocycles. The first kappa shape index (κ1) is 17.4. The summed E-state index contributed by atoms with van der Waals surface area (Å²) >= 11 is 1.01. The number of carbonyl (C=O) groups excluding carboxylic acids is 1. The van der Waals surface area contributed by atoms with Gasteiger partial charge in [-0.3, -0.25) is 10.1 Å². The quantitative estimate of drug-likeness (QED) is 0.514. The number of carbonyl (C=O) groups is 1. The molecule has 1 N–H and O–H groups in total. The molecule has 4 rings (SSSR count). The highest BCUT2D eigenvalue weighted by Crippen LogP contribution is 2.32. The number of halogens is 2. The molecule has 7 heteroatoms. The van der Waals surface area contributed by atoms with Crippen LogP contribution < -0.4 is 10.1 Å². The Balaban J connectivity index is 1.77. The number of amides is 1. The zero-order chi connectivity index (χ0) is 19.0. The largest absolute Gasteiger partial charge is 0.493 e. The predicted octanol–water partition coefficient (Wildman–Crippen LogP) is 5.38. The van der Waals surface area contributed by atoms with E-state index in [2.05, 4.69) is 10.3 Å². The SMILES string of the molecule is CCOc1ccc2ccccc2c1C(=O)Nc1nc2c(F)cc(F)cc2s1. The Kier molecular flexibility index (Phi) is 4.45. The van der Waals surface area contributed by atoms with Gasteiger partial charge in [0.1, 0.15) is 17.1 Å². The molecule has 136 valence electrons. The summed E-state index contributed by atoms with van der Waals surface area (Å²) in [5.74, 6) is -1.42. The maximum absolute atomic E-state index is 13.9. The van der Waals surface area contributed by atoms with Gasteiger partial charge in [-0.15, -0.1) is 0 Å². The van der Waals surface area contributed by atoms with Crippen LogP contribution in [0.1, 0.15) is 17.3 Å². The fraction of sp³-hybridized carbons (Fsp3) is 0.100. The highest BCUT2D eigenvalue weighted by molar-refractivity contribution is 7.22. The predicted molar refractivity (Wildman–Crippen MR) is 103 cm³/mol. The molecule has 0 saturated carbocycles. The van der Waals surface area contributed by atoms with Gasteiger partial charge in [0, 0.05) is 6.07 Å². The van der Waals surface area contributed by atoms with Crippen LogP contribution in [-0.2, 0) is 0 Å². The second-order valence-electron chi connectivity index (χ2n) is 5.80. The number of benzene rings is 3. The number of hydrogen-bond donors (Lipinski definition) is 1.